The maximum Gasteiger partial charge on any atom is 0.647 e. The molecule has 0 saturated carbocycles. The topological polar surface area (TPSA) is 119 Å². The molecule has 10 nitrogen and oxygen atoms in total. The fourth-order valence-corrected chi connectivity index (χ4v) is 5.38. The number of phosphoric acid groups is 2. The zero-order chi connectivity index (χ0) is 15.7. The molecular formula is C11H4O10P2. The molecule has 6 rings (SSSR count). The summed E-state index contributed by atoms with van der Waals surface area (Å²) in [6, 6.07) is 0. The largest absolute Gasteiger partial charge is 0.647 e. The molecule has 2 atom stereocenters. The van der Waals surface area contributed by atoms with Crippen molar-refractivity contribution < 1.29 is 46.4 Å². The average molecular weight is 358 g/mol. The van der Waals surface area contributed by atoms with Crippen LogP contribution in [0, 0.1) is 6.92 Å². The molecule has 2 aromatic carbocycles. The maximum atomic E-state index is 12.6. The zero-order valence-corrected chi connectivity index (χ0v) is 12.8. The Hall–Kier alpha value is -2.28. The van der Waals surface area contributed by atoms with Crippen LogP contribution in [0.1, 0.15) is 5.56 Å². The van der Waals surface area contributed by atoms with E-state index < -0.39 is 15.6 Å². The minimum Gasteiger partial charge on any atom is -0.504 e. The molecule has 12 heteroatoms. The number of hydrogen-bond acceptors (Lipinski definition) is 10. The Kier molecular flexibility index (Phi) is 1.68. The highest BCUT2D eigenvalue weighted by Crippen LogP contribution is 2.77. The SMILES string of the molecule is Cc1c2c(O)c3c4c(c5c6c3c1OOP(=O)(O5)O6)OP(=O)(O2)O4. The second-order valence-electron chi connectivity index (χ2n) is 5.21. The van der Waals surface area contributed by atoms with Gasteiger partial charge in [0, 0.05) is 5.56 Å². The van der Waals surface area contributed by atoms with E-state index in [9.17, 15) is 14.2 Å². The van der Waals surface area contributed by atoms with Gasteiger partial charge < -0.3 is 32.6 Å². The lowest BCUT2D eigenvalue weighted by Gasteiger charge is -2.18. The minimum atomic E-state index is -4.07. The third-order valence-electron chi connectivity index (χ3n) is 3.91. The number of phenolic OH excluding ortho intramolecular Hbond substituents is 1. The van der Waals surface area contributed by atoms with E-state index in [1.807, 2.05) is 0 Å². The lowest BCUT2D eigenvalue weighted by atomic mass is 10.0. The molecule has 0 radical (unpaired) electrons. The normalized spacial score (nSPS) is 30.1. The Bertz CT molecular complexity index is 1090. The quantitative estimate of drug-likeness (QED) is 0.555. The number of hydrogen-bond donors (Lipinski definition) is 1. The van der Waals surface area contributed by atoms with E-state index in [4.69, 9.17) is 32.2 Å². The Labute approximate surface area is 126 Å². The molecular weight excluding hydrogens is 354 g/mol. The number of phenols is 1. The molecule has 4 aliphatic rings. The average Bonchev–Trinajstić information content (AvgIpc) is 2.92. The third kappa shape index (κ3) is 1.17. The summed E-state index contributed by atoms with van der Waals surface area (Å²) in [5.41, 5.74) is 0.246. The van der Waals surface area contributed by atoms with Crippen molar-refractivity contribution in [3.8, 4) is 40.2 Å². The van der Waals surface area contributed by atoms with E-state index in [2.05, 4.69) is 0 Å². The molecule has 0 spiro atoms. The van der Waals surface area contributed by atoms with Crippen molar-refractivity contribution in [2.75, 3.05) is 0 Å². The van der Waals surface area contributed by atoms with Gasteiger partial charge in [-0.3, -0.25) is 0 Å². The van der Waals surface area contributed by atoms with Crippen LogP contribution in [0.15, 0.2) is 0 Å². The zero-order valence-electron chi connectivity index (χ0n) is 11.0. The second kappa shape index (κ2) is 3.17. The Morgan fingerprint density at radius 1 is 0.739 bits per heavy atom. The first-order valence-corrected chi connectivity index (χ1v) is 9.25. The van der Waals surface area contributed by atoms with E-state index >= 15 is 0 Å². The summed E-state index contributed by atoms with van der Waals surface area (Å²) in [6.45, 7) is 1.53. The van der Waals surface area contributed by atoms with Gasteiger partial charge in [-0.1, -0.05) is 4.67 Å². The van der Waals surface area contributed by atoms with E-state index in [-0.39, 0.29) is 56.6 Å². The van der Waals surface area contributed by atoms with Crippen LogP contribution in [-0.2, 0) is 13.8 Å². The fourth-order valence-electron chi connectivity index (χ4n) is 2.99. The van der Waals surface area contributed by atoms with Crippen molar-refractivity contribution >= 4 is 26.4 Å². The van der Waals surface area contributed by atoms with Gasteiger partial charge in [0.25, 0.3) is 0 Å². The van der Waals surface area contributed by atoms with Crippen LogP contribution in [0.2, 0.25) is 0 Å². The molecule has 0 aromatic heterocycles. The van der Waals surface area contributed by atoms with Crippen molar-refractivity contribution in [2.24, 2.45) is 0 Å². The van der Waals surface area contributed by atoms with Crippen molar-refractivity contribution in [1.82, 2.24) is 0 Å². The van der Waals surface area contributed by atoms with Crippen molar-refractivity contribution in [1.29, 1.82) is 0 Å². The van der Waals surface area contributed by atoms with Gasteiger partial charge in [-0.2, -0.15) is 4.57 Å². The lowest BCUT2D eigenvalue weighted by Crippen LogP contribution is -2.05. The highest BCUT2D eigenvalue weighted by Gasteiger charge is 2.56. The van der Waals surface area contributed by atoms with Crippen molar-refractivity contribution in [3.63, 3.8) is 0 Å². The smallest absolute Gasteiger partial charge is 0.504 e. The number of fused-ring (bicyclic) bond motifs is 4. The second-order valence-corrected chi connectivity index (χ2v) is 8.06. The molecule has 2 aromatic rings. The van der Waals surface area contributed by atoms with Crippen LogP contribution < -0.4 is 27.5 Å². The van der Waals surface area contributed by atoms with Crippen molar-refractivity contribution in [3.05, 3.63) is 5.56 Å². The minimum absolute atomic E-state index is 0.00140. The van der Waals surface area contributed by atoms with Crippen LogP contribution in [0.4, 0.5) is 0 Å². The van der Waals surface area contributed by atoms with Crippen LogP contribution in [0.5, 0.6) is 40.2 Å². The first kappa shape index (κ1) is 12.2. The molecule has 6 bridgehead atoms. The van der Waals surface area contributed by atoms with Gasteiger partial charge in [-0.05, 0) is 6.92 Å². The van der Waals surface area contributed by atoms with E-state index in [0.717, 1.165) is 0 Å². The molecule has 2 unspecified atom stereocenters. The molecule has 0 saturated heterocycles. The van der Waals surface area contributed by atoms with Crippen LogP contribution in [0.25, 0.3) is 10.8 Å². The highest BCUT2D eigenvalue weighted by molar-refractivity contribution is 7.50. The van der Waals surface area contributed by atoms with Crippen LogP contribution in [0.3, 0.4) is 0 Å². The molecule has 23 heavy (non-hydrogen) atoms. The Balaban J connectivity index is 1.97. The van der Waals surface area contributed by atoms with Gasteiger partial charge in [0.2, 0.25) is 11.5 Å². The molecule has 4 aliphatic heterocycles. The lowest BCUT2D eigenvalue weighted by molar-refractivity contribution is -0.114. The standard InChI is InChI=1S/C11H4O10P2/c1-2-6-4-3-5(12)7(2)16-22(13)17-8(3)10(19-22)11-9(4)18-23(14,20-11)21-15-6/h12H,1H3. The molecule has 1 N–H and O–H groups in total. The highest BCUT2D eigenvalue weighted by atomic mass is 31.2. The van der Waals surface area contributed by atoms with Gasteiger partial charge >= 0.3 is 15.6 Å². The number of rotatable bonds is 0. The third-order valence-corrected chi connectivity index (χ3v) is 6.20. The molecule has 0 fully saturated rings. The summed E-state index contributed by atoms with van der Waals surface area (Å²) >= 11 is 0. The Morgan fingerprint density at radius 2 is 1.30 bits per heavy atom. The van der Waals surface area contributed by atoms with Gasteiger partial charge in [0.15, 0.2) is 28.7 Å². The molecule has 0 amide bonds. The van der Waals surface area contributed by atoms with Crippen LogP contribution >= 0.6 is 15.6 Å². The summed E-state index contributed by atoms with van der Waals surface area (Å²) in [6.07, 6.45) is 0. The van der Waals surface area contributed by atoms with Crippen LogP contribution in [-0.4, -0.2) is 5.11 Å². The summed E-state index contributed by atoms with van der Waals surface area (Å²) in [4.78, 5) is 5.09. The number of aromatic hydroxyl groups is 1. The fraction of sp³-hybridized carbons (Fsp3) is 0.0909. The number of benzene rings is 2. The summed E-state index contributed by atoms with van der Waals surface area (Å²) in [5, 5.41) is 10.8. The molecule has 118 valence electrons. The molecule has 4 heterocycles. The van der Waals surface area contributed by atoms with Gasteiger partial charge in [0.1, 0.15) is 0 Å². The van der Waals surface area contributed by atoms with E-state index in [0.29, 0.717) is 0 Å². The predicted molar refractivity (Wildman–Crippen MR) is 70.4 cm³/mol. The van der Waals surface area contributed by atoms with E-state index in [1.54, 1.807) is 0 Å². The first-order valence-electron chi connectivity index (χ1n) is 6.33. The molecule has 0 aliphatic carbocycles. The maximum absolute atomic E-state index is 12.6. The Morgan fingerprint density at radius 3 is 2.09 bits per heavy atom. The summed E-state index contributed by atoms with van der Waals surface area (Å²) in [7, 11) is -8.13. The first-order chi connectivity index (χ1) is 10.9. The van der Waals surface area contributed by atoms with Gasteiger partial charge in [-0.25, -0.2) is 4.57 Å². The number of phosphoric ester groups is 2. The summed E-state index contributed by atoms with van der Waals surface area (Å²) < 4.78 is 55.9. The van der Waals surface area contributed by atoms with Crippen molar-refractivity contribution in [2.45, 2.75) is 6.92 Å². The van der Waals surface area contributed by atoms with E-state index in [1.165, 1.54) is 6.92 Å². The van der Waals surface area contributed by atoms with Gasteiger partial charge in [0.05, 0.1) is 10.8 Å². The monoisotopic (exact) mass is 358 g/mol. The summed E-state index contributed by atoms with van der Waals surface area (Å²) in [5.74, 6) is -0.652. The predicted octanol–water partition coefficient (Wildman–Crippen LogP) is 3.33. The van der Waals surface area contributed by atoms with Gasteiger partial charge in [-0.15, -0.1) is 0 Å².